The average Bonchev–Trinajstić information content (AvgIpc) is 2.65. The number of hydrogen-bond donors (Lipinski definition) is 1. The van der Waals surface area contributed by atoms with E-state index in [1.165, 1.54) is 38.6 Å². The van der Waals surface area contributed by atoms with Gasteiger partial charge in [-0.1, -0.05) is 0 Å². The monoisotopic (exact) mass is 515 g/mol. The molecule has 0 aromatic heterocycles. The normalized spacial score (nSPS) is 13.2. The van der Waals surface area contributed by atoms with Gasteiger partial charge in [0.05, 0.1) is 0 Å². The molecule has 1 rings (SSSR count). The molecule has 1 atom stereocenters. The third-order valence-electron chi connectivity index (χ3n) is 5.54. The third-order valence-corrected chi connectivity index (χ3v) is 22.0. The van der Waals surface area contributed by atoms with Crippen LogP contribution >= 0.6 is 0 Å². The Hall–Kier alpha value is -0.781. The molecule has 166 valence electrons. The van der Waals surface area contributed by atoms with E-state index in [2.05, 4.69) is 26.1 Å². The summed E-state index contributed by atoms with van der Waals surface area (Å²) in [5.74, 6) is -0.236. The van der Waals surface area contributed by atoms with Gasteiger partial charge in [0.1, 0.15) is 0 Å². The number of hydrogen-bond acceptors (Lipinski definition) is 2. The van der Waals surface area contributed by atoms with Crippen LogP contribution in [0, 0.1) is 5.82 Å². The van der Waals surface area contributed by atoms with Crippen LogP contribution in [0.25, 0.3) is 0 Å². The number of ether oxygens (including phenoxy) is 1. The van der Waals surface area contributed by atoms with Crippen LogP contribution in [0.2, 0.25) is 13.3 Å². The zero-order valence-corrected chi connectivity index (χ0v) is 22.3. The van der Waals surface area contributed by atoms with Crippen molar-refractivity contribution < 1.29 is 13.9 Å². The number of nitrogens with one attached hydrogen (secondary N) is 1. The van der Waals surface area contributed by atoms with Crippen molar-refractivity contribution >= 4 is 24.5 Å². The van der Waals surface area contributed by atoms with Crippen LogP contribution in [0.3, 0.4) is 0 Å². The molecule has 0 saturated heterocycles. The van der Waals surface area contributed by atoms with Gasteiger partial charge in [0.15, 0.2) is 0 Å². The summed E-state index contributed by atoms with van der Waals surface area (Å²) in [6.45, 7) is 12.3. The molecular weight excluding hydrogens is 472 g/mol. The van der Waals surface area contributed by atoms with Crippen molar-refractivity contribution in [2.75, 3.05) is 0 Å². The molecule has 0 spiro atoms. The van der Waals surface area contributed by atoms with E-state index in [0.717, 1.165) is 24.8 Å². The molecule has 0 fully saturated rings. The van der Waals surface area contributed by atoms with Crippen molar-refractivity contribution in [1.82, 2.24) is 5.32 Å². The summed E-state index contributed by atoms with van der Waals surface area (Å²) in [6.07, 6.45) is 6.64. The van der Waals surface area contributed by atoms with E-state index in [9.17, 15) is 9.18 Å². The third kappa shape index (κ3) is 9.27. The molecular formula is C24H42FNO2Sn. The van der Waals surface area contributed by atoms with E-state index in [1.54, 1.807) is 12.1 Å². The Labute approximate surface area is 182 Å². The molecule has 0 aliphatic carbocycles. The Morgan fingerprint density at radius 2 is 1.55 bits per heavy atom. The fourth-order valence-electron chi connectivity index (χ4n) is 4.10. The van der Waals surface area contributed by atoms with Crippen molar-refractivity contribution in [3.8, 4) is 0 Å². The first kappa shape index (κ1) is 26.3. The van der Waals surface area contributed by atoms with Crippen LogP contribution in [0.5, 0.6) is 0 Å². The van der Waals surface area contributed by atoms with Gasteiger partial charge in [0, 0.05) is 0 Å². The minimum atomic E-state index is -2.92. The first-order chi connectivity index (χ1) is 13.7. The number of benzene rings is 1. The predicted octanol–water partition coefficient (Wildman–Crippen LogP) is 7.78. The zero-order valence-electron chi connectivity index (χ0n) is 19.4. The fourth-order valence-corrected chi connectivity index (χ4v) is 21.5. The Morgan fingerprint density at radius 3 is 1.97 bits per heavy atom. The zero-order chi connectivity index (χ0) is 21.9. The van der Waals surface area contributed by atoms with Crippen molar-refractivity contribution in [1.29, 1.82) is 0 Å². The second kappa shape index (κ2) is 12.8. The number of halogens is 1. The van der Waals surface area contributed by atoms with Crippen LogP contribution < -0.4 is 5.32 Å². The van der Waals surface area contributed by atoms with Crippen molar-refractivity contribution in [2.24, 2.45) is 0 Å². The van der Waals surface area contributed by atoms with Gasteiger partial charge < -0.3 is 0 Å². The summed E-state index contributed by atoms with van der Waals surface area (Å²) in [4.78, 5) is 12.8. The molecule has 0 bridgehead atoms. The van der Waals surface area contributed by atoms with Gasteiger partial charge in [0.2, 0.25) is 0 Å². The second-order valence-corrected chi connectivity index (χ2v) is 23.0. The molecule has 3 nitrogen and oxygen atoms in total. The van der Waals surface area contributed by atoms with E-state index >= 15 is 0 Å². The fraction of sp³-hybridized carbons (Fsp3) is 0.708. The van der Waals surface area contributed by atoms with Gasteiger partial charge in [-0.2, -0.15) is 0 Å². The van der Waals surface area contributed by atoms with Crippen molar-refractivity contribution in [3.05, 3.63) is 35.6 Å². The molecule has 0 aliphatic rings. The Bertz CT molecular complexity index is 593. The quantitative estimate of drug-likeness (QED) is 0.290. The summed E-state index contributed by atoms with van der Waals surface area (Å²) in [5, 5.41) is 3.25. The van der Waals surface area contributed by atoms with E-state index < -0.39 is 24.0 Å². The van der Waals surface area contributed by atoms with Crippen molar-refractivity contribution in [2.45, 2.75) is 103 Å². The summed E-state index contributed by atoms with van der Waals surface area (Å²) in [5.41, 5.74) is 0.375. The van der Waals surface area contributed by atoms with Gasteiger partial charge in [-0.15, -0.1) is 0 Å². The van der Waals surface area contributed by atoms with E-state index in [4.69, 9.17) is 4.74 Å². The van der Waals surface area contributed by atoms with E-state index in [-0.39, 0.29) is 16.0 Å². The molecule has 5 heteroatoms. The molecule has 29 heavy (non-hydrogen) atoms. The number of unbranched alkanes of at least 4 members (excludes halogenated alkanes) is 3. The second-order valence-electron chi connectivity index (χ2n) is 9.31. The van der Waals surface area contributed by atoms with Gasteiger partial charge in [-0.3, -0.25) is 0 Å². The summed E-state index contributed by atoms with van der Waals surface area (Å²) < 4.78 is 23.4. The van der Waals surface area contributed by atoms with Gasteiger partial charge in [0.25, 0.3) is 0 Å². The summed E-state index contributed by atoms with van der Waals surface area (Å²) in [6, 6.07) is 6.86. The molecule has 0 saturated carbocycles. The van der Waals surface area contributed by atoms with Gasteiger partial charge in [-0.25, -0.2) is 0 Å². The first-order valence-corrected chi connectivity index (χ1v) is 19.1. The molecule has 1 N–H and O–H groups in total. The number of alkyl carbamates (subject to hydrolysis) is 1. The summed E-state index contributed by atoms with van der Waals surface area (Å²) in [7, 11) is 0. The SMILES string of the molecule is CCC[CH2][Sn]([CH2]CCC)([CH2]CCC)[CH](NC(=O)OC(C)(C)C)c1cccc(F)c1. The van der Waals surface area contributed by atoms with Crippen LogP contribution in [0.1, 0.15) is 89.7 Å². The summed E-state index contributed by atoms with van der Waals surface area (Å²) >= 11 is -2.92. The standard InChI is InChI=1S/C12H15FNO2.3C4H9.Sn/c1-12(2,3)16-11(15)14-8-9-5-4-6-10(13)7-9;3*1-3-4-2;/h4-8H,1-3H3,(H,14,15);3*1,3-4H2,2H3;. The molecule has 1 aromatic carbocycles. The predicted molar refractivity (Wildman–Crippen MR) is 123 cm³/mol. The van der Waals surface area contributed by atoms with Crippen LogP contribution in [0.15, 0.2) is 24.3 Å². The average molecular weight is 514 g/mol. The Kier molecular flexibility index (Phi) is 11.6. The number of rotatable bonds is 12. The Morgan fingerprint density at radius 1 is 1.03 bits per heavy atom. The first-order valence-electron chi connectivity index (χ1n) is 11.4. The van der Waals surface area contributed by atoms with Crippen LogP contribution in [0.4, 0.5) is 9.18 Å². The topological polar surface area (TPSA) is 38.3 Å². The van der Waals surface area contributed by atoms with Gasteiger partial charge in [-0.05, 0) is 0 Å². The Balaban J connectivity index is 3.39. The molecule has 1 unspecified atom stereocenters. The molecule has 0 aliphatic heterocycles. The number of amides is 1. The number of carbonyl (C=O) groups is 1. The molecule has 1 amide bonds. The van der Waals surface area contributed by atoms with E-state index in [1.807, 2.05) is 26.8 Å². The molecule has 1 aromatic rings. The van der Waals surface area contributed by atoms with Crippen LogP contribution in [-0.4, -0.2) is 30.1 Å². The molecule has 0 heterocycles. The molecule has 0 radical (unpaired) electrons. The van der Waals surface area contributed by atoms with Crippen LogP contribution in [-0.2, 0) is 4.74 Å². The number of carbonyl (C=O) groups excluding carboxylic acids is 1. The maximum atomic E-state index is 14.2. The maximum absolute atomic E-state index is 14.2. The van der Waals surface area contributed by atoms with Crippen molar-refractivity contribution in [3.63, 3.8) is 0 Å². The minimum absolute atomic E-state index is 0.0560. The van der Waals surface area contributed by atoms with Gasteiger partial charge >= 0.3 is 182 Å². The van der Waals surface area contributed by atoms with E-state index in [0.29, 0.717) is 0 Å².